The lowest BCUT2D eigenvalue weighted by Gasteiger charge is -2.40. The number of nitrogens with zero attached hydrogens (tertiary/aromatic N) is 3. The van der Waals surface area contributed by atoms with E-state index in [0.717, 1.165) is 9.80 Å². The van der Waals surface area contributed by atoms with Gasteiger partial charge in [-0.05, 0) is 63.8 Å². The van der Waals surface area contributed by atoms with Crippen molar-refractivity contribution in [2.24, 2.45) is 10.9 Å². The Kier molecular flexibility index (Phi) is 8.70. The number of imide groups is 1. The molecule has 1 saturated heterocycles. The molecular weight excluding hydrogens is 542 g/mol. The number of piperidine rings is 1. The average Bonchev–Trinajstić information content (AvgIpc) is 3.17. The quantitative estimate of drug-likeness (QED) is 0.388. The van der Waals surface area contributed by atoms with Crippen molar-refractivity contribution in [2.45, 2.75) is 71.1 Å². The Bertz CT molecular complexity index is 1430. The number of ether oxygens (including phenoxy) is 1. The first kappa shape index (κ1) is 30.3. The number of esters is 1. The molecule has 2 heterocycles. The Labute approximate surface area is 243 Å². The highest BCUT2D eigenvalue weighted by atomic mass is 16.6. The number of benzene rings is 2. The number of rotatable bonds is 7. The summed E-state index contributed by atoms with van der Waals surface area (Å²) in [6.07, 6.45) is 0.161. The molecule has 4 amide bonds. The van der Waals surface area contributed by atoms with Crippen LogP contribution in [0.5, 0.6) is 0 Å². The van der Waals surface area contributed by atoms with Crippen molar-refractivity contribution in [3.8, 4) is 0 Å². The Hall–Kier alpha value is -4.67. The van der Waals surface area contributed by atoms with Crippen molar-refractivity contribution in [1.29, 1.82) is 0 Å². The second kappa shape index (κ2) is 12.1. The molecule has 11 nitrogen and oxygen atoms in total. The summed E-state index contributed by atoms with van der Waals surface area (Å²) in [5.41, 5.74) is -0.483. The van der Waals surface area contributed by atoms with E-state index >= 15 is 0 Å². The number of carbonyl (C=O) groups is 6. The van der Waals surface area contributed by atoms with Crippen LogP contribution in [0.2, 0.25) is 0 Å². The zero-order valence-electron chi connectivity index (χ0n) is 23.9. The third-order valence-electron chi connectivity index (χ3n) is 7.03. The fraction of sp³-hybridized carbons (Fsp3) is 0.387. The van der Waals surface area contributed by atoms with E-state index in [4.69, 9.17) is 4.74 Å². The van der Waals surface area contributed by atoms with Crippen molar-refractivity contribution in [3.63, 3.8) is 0 Å². The Balaban J connectivity index is 1.83. The van der Waals surface area contributed by atoms with Crippen LogP contribution in [0.1, 0.15) is 84.5 Å². The van der Waals surface area contributed by atoms with Gasteiger partial charge in [-0.25, -0.2) is 4.79 Å². The summed E-state index contributed by atoms with van der Waals surface area (Å²) in [6, 6.07) is 11.4. The number of likely N-dealkylation sites (tertiary alicyclic amines) is 1. The van der Waals surface area contributed by atoms with E-state index in [-0.39, 0.29) is 35.4 Å². The fourth-order valence-corrected chi connectivity index (χ4v) is 5.23. The zero-order valence-corrected chi connectivity index (χ0v) is 23.9. The number of hydrogen-bond acceptors (Lipinski definition) is 7. The summed E-state index contributed by atoms with van der Waals surface area (Å²) in [4.78, 5) is 85.8. The zero-order chi connectivity index (χ0) is 30.8. The smallest absolute Gasteiger partial charge is 0.329 e. The van der Waals surface area contributed by atoms with Gasteiger partial charge in [-0.15, -0.1) is 0 Å². The number of aliphatic carboxylic acids is 1. The van der Waals surface area contributed by atoms with E-state index in [1.54, 1.807) is 63.2 Å². The van der Waals surface area contributed by atoms with Gasteiger partial charge in [-0.3, -0.25) is 33.8 Å². The number of hydrogen-bond donors (Lipinski definition) is 1. The minimum Gasteiger partial charge on any atom is -0.481 e. The van der Waals surface area contributed by atoms with E-state index in [1.165, 1.54) is 19.1 Å². The molecule has 1 fully saturated rings. The topological polar surface area (TPSA) is 151 Å². The van der Waals surface area contributed by atoms with Gasteiger partial charge in [0.15, 0.2) is 0 Å². The first-order valence-corrected chi connectivity index (χ1v) is 13.7. The monoisotopic (exact) mass is 575 g/mol. The highest BCUT2D eigenvalue weighted by Gasteiger charge is 2.50. The van der Waals surface area contributed by atoms with Crippen LogP contribution >= 0.6 is 0 Å². The molecule has 2 aliphatic heterocycles. The largest absolute Gasteiger partial charge is 0.481 e. The number of carbonyl (C=O) groups excluding carboxylic acids is 5. The molecular formula is C31H33N3O8. The lowest BCUT2D eigenvalue weighted by atomic mass is 9.92. The van der Waals surface area contributed by atoms with Crippen LogP contribution in [0.3, 0.4) is 0 Å². The molecule has 0 bridgehead atoms. The van der Waals surface area contributed by atoms with Gasteiger partial charge < -0.3 is 9.84 Å². The van der Waals surface area contributed by atoms with Gasteiger partial charge in [0.2, 0.25) is 0 Å². The molecule has 220 valence electrons. The maximum absolute atomic E-state index is 14.5. The van der Waals surface area contributed by atoms with Gasteiger partial charge in [0.25, 0.3) is 23.6 Å². The third kappa shape index (κ3) is 6.29. The van der Waals surface area contributed by atoms with Gasteiger partial charge in [-0.2, -0.15) is 4.99 Å². The van der Waals surface area contributed by atoms with Crippen LogP contribution in [-0.4, -0.2) is 74.0 Å². The molecule has 0 aromatic heterocycles. The summed E-state index contributed by atoms with van der Waals surface area (Å²) >= 11 is 0. The minimum absolute atomic E-state index is 0.0277. The molecule has 0 aliphatic carbocycles. The molecule has 2 aromatic carbocycles. The number of carboxylic acids is 1. The van der Waals surface area contributed by atoms with Crippen molar-refractivity contribution >= 4 is 41.4 Å². The predicted molar refractivity (Wildman–Crippen MR) is 151 cm³/mol. The van der Waals surface area contributed by atoms with Gasteiger partial charge >= 0.3 is 11.9 Å². The average molecular weight is 576 g/mol. The van der Waals surface area contributed by atoms with Crippen molar-refractivity contribution < 1.29 is 38.6 Å². The van der Waals surface area contributed by atoms with E-state index < -0.39 is 65.6 Å². The van der Waals surface area contributed by atoms with Crippen molar-refractivity contribution in [3.05, 3.63) is 71.3 Å². The highest BCUT2D eigenvalue weighted by molar-refractivity contribution is 6.23. The lowest BCUT2D eigenvalue weighted by molar-refractivity contribution is -0.164. The van der Waals surface area contributed by atoms with Crippen LogP contribution in [0.25, 0.3) is 0 Å². The van der Waals surface area contributed by atoms with Gasteiger partial charge in [0.1, 0.15) is 23.5 Å². The summed E-state index contributed by atoms with van der Waals surface area (Å²) in [5, 5.41) is 9.58. The molecule has 2 aliphatic rings. The second-order valence-corrected chi connectivity index (χ2v) is 11.4. The molecule has 11 heteroatoms. The highest BCUT2D eigenvalue weighted by Crippen LogP contribution is 2.32. The van der Waals surface area contributed by atoms with E-state index in [2.05, 4.69) is 4.99 Å². The normalized spacial score (nSPS) is 19.3. The van der Waals surface area contributed by atoms with Gasteiger partial charge in [0, 0.05) is 12.0 Å². The van der Waals surface area contributed by atoms with E-state index in [9.17, 15) is 33.9 Å². The molecule has 0 unspecified atom stereocenters. The molecule has 3 atom stereocenters. The van der Waals surface area contributed by atoms with Crippen molar-refractivity contribution in [1.82, 2.24) is 9.80 Å². The van der Waals surface area contributed by atoms with Crippen LogP contribution in [0.4, 0.5) is 0 Å². The Morgan fingerprint density at radius 1 is 0.976 bits per heavy atom. The second-order valence-electron chi connectivity index (χ2n) is 11.4. The number of amidine groups is 1. The maximum atomic E-state index is 14.5. The summed E-state index contributed by atoms with van der Waals surface area (Å²) in [5.74, 6) is -6.12. The first-order chi connectivity index (χ1) is 19.8. The molecule has 0 saturated carbocycles. The Morgan fingerprint density at radius 2 is 1.55 bits per heavy atom. The maximum Gasteiger partial charge on any atom is 0.329 e. The molecule has 42 heavy (non-hydrogen) atoms. The number of amides is 4. The molecule has 0 radical (unpaired) electrons. The van der Waals surface area contributed by atoms with E-state index in [1.807, 2.05) is 0 Å². The minimum atomic E-state index is -1.60. The third-order valence-corrected chi connectivity index (χ3v) is 7.03. The van der Waals surface area contributed by atoms with E-state index in [0.29, 0.717) is 6.42 Å². The fourth-order valence-electron chi connectivity index (χ4n) is 5.23. The number of carboxylic acid groups (broad SMARTS) is 1. The predicted octanol–water partition coefficient (Wildman–Crippen LogP) is 3.72. The van der Waals surface area contributed by atoms with Crippen LogP contribution < -0.4 is 0 Å². The SMILES string of the molecule is C[C@H](CC(=O)O)[C@H](C(=O)N1C(=NC(=O)c2ccccc2)CCC[C@H]1C(=O)OC(C)(C)C)N1C(=O)c2ccccc2C1=O. The number of fused-ring (bicyclic) bond motifs is 1. The molecule has 1 N–H and O–H groups in total. The lowest BCUT2D eigenvalue weighted by Crippen LogP contribution is -2.61. The molecule has 4 rings (SSSR count). The first-order valence-electron chi connectivity index (χ1n) is 13.7. The van der Waals surface area contributed by atoms with Crippen LogP contribution in [-0.2, 0) is 19.1 Å². The number of aliphatic imine (C=N–C) groups is 1. The van der Waals surface area contributed by atoms with Crippen molar-refractivity contribution in [2.75, 3.05) is 0 Å². The molecule has 0 spiro atoms. The Morgan fingerprint density at radius 3 is 2.10 bits per heavy atom. The summed E-state index contributed by atoms with van der Waals surface area (Å²) in [6.45, 7) is 6.46. The van der Waals surface area contributed by atoms with Crippen LogP contribution in [0.15, 0.2) is 59.6 Å². The summed E-state index contributed by atoms with van der Waals surface area (Å²) < 4.78 is 5.60. The van der Waals surface area contributed by atoms with Gasteiger partial charge in [-0.1, -0.05) is 37.3 Å². The molecule has 2 aromatic rings. The van der Waals surface area contributed by atoms with Gasteiger partial charge in [0.05, 0.1) is 17.5 Å². The standard InChI is InChI=1S/C31H33N3O8/c1-18(17-24(35)36)25(34-27(38)20-13-8-9-14-21(20)28(34)39)29(40)33-22(30(41)42-31(2,3)4)15-10-16-23(33)32-26(37)19-11-6-5-7-12-19/h5-9,11-14,18,22,25H,10,15-17H2,1-4H3,(H,35,36)/t18-,22+,25-/m1/s1. The summed E-state index contributed by atoms with van der Waals surface area (Å²) in [7, 11) is 0. The van der Waals surface area contributed by atoms with Crippen LogP contribution in [0, 0.1) is 5.92 Å².